The smallest absolute Gasteiger partial charge is 0.321 e. The lowest BCUT2D eigenvalue weighted by molar-refractivity contribution is -0.143. The normalized spacial score (nSPS) is 19.7. The molecule has 0 spiro atoms. The van der Waals surface area contributed by atoms with E-state index in [4.69, 9.17) is 4.74 Å². The lowest BCUT2D eigenvalue weighted by Gasteiger charge is -2.34. The van der Waals surface area contributed by atoms with Crippen LogP contribution in [0, 0.1) is 11.8 Å². The highest BCUT2D eigenvalue weighted by Crippen LogP contribution is 2.25. The van der Waals surface area contributed by atoms with Crippen LogP contribution in [0.2, 0.25) is 0 Å². The van der Waals surface area contributed by atoms with Gasteiger partial charge in [0.15, 0.2) is 0 Å². The Bertz CT molecular complexity index is 781. The minimum absolute atomic E-state index is 0.150. The number of rotatable bonds is 4. The van der Waals surface area contributed by atoms with Gasteiger partial charge in [-0.1, -0.05) is 13.0 Å². The zero-order valence-electron chi connectivity index (χ0n) is 14.5. The molecule has 2 heterocycles. The van der Waals surface area contributed by atoms with Gasteiger partial charge in [0.1, 0.15) is 11.5 Å². The molecule has 0 saturated carbocycles. The molecule has 1 aromatic carbocycles. The first-order chi connectivity index (χ1) is 12.5. The summed E-state index contributed by atoms with van der Waals surface area (Å²) in [6.07, 6.45) is 3.86. The maximum absolute atomic E-state index is 12.5. The van der Waals surface area contributed by atoms with Crippen molar-refractivity contribution in [2.24, 2.45) is 11.8 Å². The number of carbonyl (C=O) groups is 2. The summed E-state index contributed by atoms with van der Waals surface area (Å²) in [6, 6.07) is 10.2. The van der Waals surface area contributed by atoms with Crippen LogP contribution in [-0.2, 0) is 4.79 Å². The minimum Gasteiger partial charge on any atom is -0.481 e. The Hall–Kier alpha value is -3.09. The molecule has 1 aliphatic rings. The van der Waals surface area contributed by atoms with Gasteiger partial charge in [-0.25, -0.2) is 4.79 Å². The maximum Gasteiger partial charge on any atom is 0.321 e. The number of aromatic nitrogens is 1. The molecule has 0 bridgehead atoms. The van der Waals surface area contributed by atoms with Crippen molar-refractivity contribution in [3.8, 4) is 11.5 Å². The molecule has 2 aromatic rings. The second-order valence-electron chi connectivity index (χ2n) is 6.52. The van der Waals surface area contributed by atoms with Crippen LogP contribution in [0.15, 0.2) is 48.8 Å². The molecule has 7 heteroatoms. The number of likely N-dealkylation sites (tertiary alicyclic amines) is 1. The summed E-state index contributed by atoms with van der Waals surface area (Å²) in [5.74, 6) is 0.00645. The van der Waals surface area contributed by atoms with E-state index < -0.39 is 11.9 Å². The molecule has 3 rings (SSSR count). The Morgan fingerprint density at radius 1 is 1.19 bits per heavy atom. The summed E-state index contributed by atoms with van der Waals surface area (Å²) >= 11 is 0. The van der Waals surface area contributed by atoms with E-state index in [1.165, 1.54) is 0 Å². The van der Waals surface area contributed by atoms with Gasteiger partial charge in [-0.2, -0.15) is 0 Å². The molecule has 0 radical (unpaired) electrons. The van der Waals surface area contributed by atoms with Crippen molar-refractivity contribution in [2.45, 2.75) is 13.3 Å². The molecule has 0 aliphatic carbocycles. The maximum atomic E-state index is 12.5. The van der Waals surface area contributed by atoms with Gasteiger partial charge in [0.25, 0.3) is 0 Å². The van der Waals surface area contributed by atoms with Crippen molar-refractivity contribution >= 4 is 17.7 Å². The largest absolute Gasteiger partial charge is 0.481 e. The van der Waals surface area contributed by atoms with E-state index in [9.17, 15) is 14.7 Å². The third-order valence-electron chi connectivity index (χ3n) is 4.27. The number of hydrogen-bond donors (Lipinski definition) is 2. The standard InChI is InChI=1S/C19H21N3O4/c1-13-9-14(18(23)24)12-22(11-13)19(25)21-15-3-2-4-17(10-15)26-16-5-7-20-8-6-16/h2-8,10,13-14H,9,11-12H2,1H3,(H,21,25)(H,23,24). The molecule has 1 aliphatic heterocycles. The third kappa shape index (κ3) is 4.50. The van der Waals surface area contributed by atoms with Gasteiger partial charge in [0.2, 0.25) is 0 Å². The molecule has 1 saturated heterocycles. The Kier molecular flexibility index (Phi) is 5.36. The fourth-order valence-corrected chi connectivity index (χ4v) is 3.08. The highest BCUT2D eigenvalue weighted by atomic mass is 16.5. The third-order valence-corrected chi connectivity index (χ3v) is 4.27. The van der Waals surface area contributed by atoms with Gasteiger partial charge in [-0.3, -0.25) is 9.78 Å². The van der Waals surface area contributed by atoms with E-state index in [-0.39, 0.29) is 18.5 Å². The Labute approximate surface area is 151 Å². The van der Waals surface area contributed by atoms with Crippen molar-refractivity contribution in [3.05, 3.63) is 48.8 Å². The molecular formula is C19H21N3O4. The van der Waals surface area contributed by atoms with Gasteiger partial charge in [-0.05, 0) is 36.6 Å². The van der Waals surface area contributed by atoms with Crippen molar-refractivity contribution in [1.29, 1.82) is 0 Å². The number of amides is 2. The molecule has 136 valence electrons. The highest BCUT2D eigenvalue weighted by molar-refractivity contribution is 5.90. The van der Waals surface area contributed by atoms with E-state index in [1.807, 2.05) is 6.92 Å². The summed E-state index contributed by atoms with van der Waals surface area (Å²) in [5.41, 5.74) is 0.589. The molecular weight excluding hydrogens is 334 g/mol. The molecule has 1 aromatic heterocycles. The molecule has 2 amide bonds. The van der Waals surface area contributed by atoms with E-state index in [0.29, 0.717) is 30.2 Å². The predicted molar refractivity (Wildman–Crippen MR) is 96.3 cm³/mol. The summed E-state index contributed by atoms with van der Waals surface area (Å²) < 4.78 is 5.73. The summed E-state index contributed by atoms with van der Waals surface area (Å²) in [7, 11) is 0. The second kappa shape index (κ2) is 7.86. The number of piperidine rings is 1. The molecule has 1 fully saturated rings. The zero-order chi connectivity index (χ0) is 18.5. The Morgan fingerprint density at radius 3 is 2.69 bits per heavy atom. The highest BCUT2D eigenvalue weighted by Gasteiger charge is 2.31. The number of ether oxygens (including phenoxy) is 1. The van der Waals surface area contributed by atoms with E-state index in [1.54, 1.807) is 53.7 Å². The number of nitrogens with one attached hydrogen (secondary N) is 1. The fraction of sp³-hybridized carbons (Fsp3) is 0.316. The van der Waals surface area contributed by atoms with Crippen LogP contribution in [0.25, 0.3) is 0 Å². The predicted octanol–water partition coefficient (Wildman–Crippen LogP) is 3.45. The Balaban J connectivity index is 1.65. The van der Waals surface area contributed by atoms with Crippen LogP contribution in [-0.4, -0.2) is 40.1 Å². The van der Waals surface area contributed by atoms with Gasteiger partial charge in [0.05, 0.1) is 5.92 Å². The van der Waals surface area contributed by atoms with Crippen molar-refractivity contribution in [3.63, 3.8) is 0 Å². The SMILES string of the molecule is CC1CC(C(=O)O)CN(C(=O)Nc2cccc(Oc3ccncc3)c2)C1. The number of hydrogen-bond acceptors (Lipinski definition) is 4. The van der Waals surface area contributed by atoms with Crippen LogP contribution < -0.4 is 10.1 Å². The lowest BCUT2D eigenvalue weighted by Crippen LogP contribution is -2.47. The summed E-state index contributed by atoms with van der Waals surface area (Å²) in [4.78, 5) is 29.3. The van der Waals surface area contributed by atoms with Crippen LogP contribution >= 0.6 is 0 Å². The number of carboxylic acid groups (broad SMARTS) is 1. The Morgan fingerprint density at radius 2 is 1.96 bits per heavy atom. The van der Waals surface area contributed by atoms with Crippen LogP contribution in [0.3, 0.4) is 0 Å². The van der Waals surface area contributed by atoms with E-state index >= 15 is 0 Å². The zero-order valence-corrected chi connectivity index (χ0v) is 14.5. The number of nitrogens with zero attached hydrogens (tertiary/aromatic N) is 2. The van der Waals surface area contributed by atoms with Gasteiger partial charge < -0.3 is 20.1 Å². The van der Waals surface area contributed by atoms with Gasteiger partial charge in [-0.15, -0.1) is 0 Å². The van der Waals surface area contributed by atoms with Crippen LogP contribution in [0.1, 0.15) is 13.3 Å². The first-order valence-corrected chi connectivity index (χ1v) is 8.48. The molecule has 7 nitrogen and oxygen atoms in total. The van der Waals surface area contributed by atoms with Gasteiger partial charge in [0, 0.05) is 37.2 Å². The van der Waals surface area contributed by atoms with E-state index in [2.05, 4.69) is 10.3 Å². The van der Waals surface area contributed by atoms with Crippen LogP contribution in [0.4, 0.5) is 10.5 Å². The quantitative estimate of drug-likeness (QED) is 0.876. The number of anilines is 1. The molecule has 26 heavy (non-hydrogen) atoms. The molecule has 2 atom stereocenters. The number of aliphatic carboxylic acids is 1. The fourth-order valence-electron chi connectivity index (χ4n) is 3.08. The number of urea groups is 1. The number of carbonyl (C=O) groups excluding carboxylic acids is 1. The molecule has 2 unspecified atom stereocenters. The van der Waals surface area contributed by atoms with Crippen molar-refractivity contribution in [1.82, 2.24) is 9.88 Å². The van der Waals surface area contributed by atoms with Crippen molar-refractivity contribution in [2.75, 3.05) is 18.4 Å². The molecule has 2 N–H and O–H groups in total. The summed E-state index contributed by atoms with van der Waals surface area (Å²) in [6.45, 7) is 2.72. The number of pyridine rings is 1. The van der Waals surface area contributed by atoms with Gasteiger partial charge >= 0.3 is 12.0 Å². The average molecular weight is 355 g/mol. The summed E-state index contributed by atoms with van der Waals surface area (Å²) in [5, 5.41) is 12.1. The topological polar surface area (TPSA) is 91.8 Å². The lowest BCUT2D eigenvalue weighted by atomic mass is 9.91. The minimum atomic E-state index is -0.859. The number of carboxylic acids is 1. The number of benzene rings is 1. The monoisotopic (exact) mass is 355 g/mol. The van der Waals surface area contributed by atoms with E-state index in [0.717, 1.165) is 0 Å². The first-order valence-electron chi connectivity index (χ1n) is 8.48. The van der Waals surface area contributed by atoms with Crippen molar-refractivity contribution < 1.29 is 19.4 Å². The second-order valence-corrected chi connectivity index (χ2v) is 6.52. The first kappa shape index (κ1) is 17.7. The average Bonchev–Trinajstić information content (AvgIpc) is 2.62. The van der Waals surface area contributed by atoms with Crippen LogP contribution in [0.5, 0.6) is 11.5 Å².